The first-order valence-corrected chi connectivity index (χ1v) is 9.62. The number of carbonyl (C=O) groups is 1. The summed E-state index contributed by atoms with van der Waals surface area (Å²) in [7, 11) is 0. The van der Waals surface area contributed by atoms with E-state index in [9.17, 15) is 4.79 Å². The molecule has 4 rings (SSSR count). The number of carbonyl (C=O) groups excluding carboxylic acids is 1. The van der Waals surface area contributed by atoms with Crippen LogP contribution in [0, 0.1) is 0 Å². The summed E-state index contributed by atoms with van der Waals surface area (Å²) in [5, 5.41) is 0. The maximum atomic E-state index is 13.0. The van der Waals surface area contributed by atoms with Gasteiger partial charge >= 0.3 is 0 Å². The van der Waals surface area contributed by atoms with Gasteiger partial charge in [-0.25, -0.2) is 0 Å². The molecular weight excluding hydrogens is 322 g/mol. The molecule has 0 bridgehead atoms. The highest BCUT2D eigenvalue weighted by Crippen LogP contribution is 2.21. The molecule has 0 saturated carbocycles. The maximum Gasteiger partial charge on any atom is 0.239 e. The zero-order valence-electron chi connectivity index (χ0n) is 15.5. The van der Waals surface area contributed by atoms with E-state index in [1.807, 2.05) is 4.90 Å². The van der Waals surface area contributed by atoms with Crippen molar-refractivity contribution in [2.45, 2.75) is 25.9 Å². The van der Waals surface area contributed by atoms with E-state index >= 15 is 0 Å². The molecule has 0 spiro atoms. The quantitative estimate of drug-likeness (QED) is 0.853. The summed E-state index contributed by atoms with van der Waals surface area (Å²) in [6.45, 7) is 7.49. The fourth-order valence-electron chi connectivity index (χ4n) is 4.11. The van der Waals surface area contributed by atoms with E-state index in [0.717, 1.165) is 45.7 Å². The van der Waals surface area contributed by atoms with Gasteiger partial charge in [0.25, 0.3) is 0 Å². The van der Waals surface area contributed by atoms with Crippen molar-refractivity contribution in [3.05, 3.63) is 65.7 Å². The number of amides is 1. The molecule has 26 heavy (non-hydrogen) atoms. The number of anilines is 1. The Morgan fingerprint density at radius 2 is 1.50 bits per heavy atom. The van der Waals surface area contributed by atoms with E-state index in [-0.39, 0.29) is 11.9 Å². The zero-order valence-corrected chi connectivity index (χ0v) is 15.5. The normalized spacial score (nSPS) is 19.1. The van der Waals surface area contributed by atoms with Gasteiger partial charge in [0.05, 0.1) is 6.04 Å². The Hall–Kier alpha value is -2.33. The minimum atomic E-state index is -0.0433. The molecule has 2 aliphatic heterocycles. The molecule has 2 heterocycles. The second kappa shape index (κ2) is 7.50. The lowest BCUT2D eigenvalue weighted by atomic mass is 9.99. The van der Waals surface area contributed by atoms with Crippen LogP contribution < -0.4 is 4.90 Å². The minimum Gasteiger partial charge on any atom is -0.369 e. The predicted octanol–water partition coefficient (Wildman–Crippen LogP) is 2.78. The first-order chi connectivity index (χ1) is 12.7. The average Bonchev–Trinajstić information content (AvgIpc) is 2.73. The van der Waals surface area contributed by atoms with Crippen molar-refractivity contribution in [2.75, 3.05) is 37.6 Å². The third-order valence-electron chi connectivity index (χ3n) is 5.78. The number of piperazine rings is 1. The molecule has 136 valence electrons. The number of rotatable bonds is 3. The number of hydrogen-bond donors (Lipinski definition) is 0. The Bertz CT molecular complexity index is 753. The fourth-order valence-corrected chi connectivity index (χ4v) is 4.11. The zero-order chi connectivity index (χ0) is 17.9. The molecule has 4 nitrogen and oxygen atoms in total. The van der Waals surface area contributed by atoms with Gasteiger partial charge in [-0.3, -0.25) is 9.69 Å². The number of para-hydroxylation sites is 1. The Labute approximate surface area is 156 Å². The van der Waals surface area contributed by atoms with Gasteiger partial charge in [0.1, 0.15) is 0 Å². The van der Waals surface area contributed by atoms with Crippen LogP contribution in [-0.2, 0) is 17.8 Å². The van der Waals surface area contributed by atoms with Crippen LogP contribution in [0.4, 0.5) is 5.69 Å². The van der Waals surface area contributed by atoms with Crippen LogP contribution in [0.15, 0.2) is 54.6 Å². The molecule has 0 aliphatic carbocycles. The highest BCUT2D eigenvalue weighted by molar-refractivity contribution is 5.81. The van der Waals surface area contributed by atoms with E-state index in [0.29, 0.717) is 0 Å². The molecule has 1 saturated heterocycles. The van der Waals surface area contributed by atoms with Crippen LogP contribution in [0.2, 0.25) is 0 Å². The van der Waals surface area contributed by atoms with Crippen LogP contribution in [-0.4, -0.2) is 54.5 Å². The number of hydrogen-bond acceptors (Lipinski definition) is 3. The lowest BCUT2D eigenvalue weighted by Crippen LogP contribution is -2.55. The largest absolute Gasteiger partial charge is 0.369 e. The number of nitrogens with zero attached hydrogens (tertiary/aromatic N) is 3. The van der Waals surface area contributed by atoms with Gasteiger partial charge in [0, 0.05) is 45.0 Å². The molecule has 1 fully saturated rings. The number of benzene rings is 2. The molecule has 4 heteroatoms. The third kappa shape index (κ3) is 3.47. The van der Waals surface area contributed by atoms with Gasteiger partial charge in [-0.2, -0.15) is 0 Å². The molecule has 2 aliphatic rings. The molecule has 2 aromatic carbocycles. The van der Waals surface area contributed by atoms with Crippen molar-refractivity contribution in [3.63, 3.8) is 0 Å². The molecule has 1 atom stereocenters. The van der Waals surface area contributed by atoms with Crippen LogP contribution in [0.5, 0.6) is 0 Å². The Balaban J connectivity index is 1.35. The summed E-state index contributed by atoms with van der Waals surface area (Å²) >= 11 is 0. The molecule has 1 amide bonds. The fraction of sp³-hybridized carbons (Fsp3) is 0.409. The Morgan fingerprint density at radius 3 is 2.23 bits per heavy atom. The summed E-state index contributed by atoms with van der Waals surface area (Å²) in [5.41, 5.74) is 3.97. The molecule has 0 radical (unpaired) electrons. The topological polar surface area (TPSA) is 26.8 Å². The lowest BCUT2D eigenvalue weighted by molar-refractivity contribution is -0.137. The minimum absolute atomic E-state index is 0.0433. The standard InChI is InChI=1S/C22H27N3O/c1-18(22(26)25-12-11-19-7-5-6-8-20(19)17-25)23-13-15-24(16-14-23)21-9-3-2-4-10-21/h2-10,18H,11-17H2,1H3/t18-/m0/s1. The number of fused-ring (bicyclic) bond motifs is 1. The smallest absolute Gasteiger partial charge is 0.239 e. The van der Waals surface area contributed by atoms with Crippen LogP contribution in [0.3, 0.4) is 0 Å². The van der Waals surface area contributed by atoms with Crippen molar-refractivity contribution >= 4 is 11.6 Å². The van der Waals surface area contributed by atoms with Gasteiger partial charge in [0.2, 0.25) is 5.91 Å². The van der Waals surface area contributed by atoms with Gasteiger partial charge in [0.15, 0.2) is 0 Å². The van der Waals surface area contributed by atoms with Crippen molar-refractivity contribution in [3.8, 4) is 0 Å². The first-order valence-electron chi connectivity index (χ1n) is 9.62. The molecule has 0 unspecified atom stereocenters. The Kier molecular flexibility index (Phi) is 4.93. The molecule has 0 N–H and O–H groups in total. The van der Waals surface area contributed by atoms with Crippen molar-refractivity contribution < 1.29 is 4.79 Å². The second-order valence-electron chi connectivity index (χ2n) is 7.31. The van der Waals surface area contributed by atoms with Crippen LogP contribution >= 0.6 is 0 Å². The maximum absolute atomic E-state index is 13.0. The summed E-state index contributed by atoms with van der Waals surface area (Å²) in [6, 6.07) is 19.0. The van der Waals surface area contributed by atoms with Crippen molar-refractivity contribution in [1.82, 2.24) is 9.80 Å². The van der Waals surface area contributed by atoms with Crippen LogP contribution in [0.25, 0.3) is 0 Å². The van der Waals surface area contributed by atoms with E-state index in [2.05, 4.69) is 71.3 Å². The SMILES string of the molecule is C[C@@H](C(=O)N1CCc2ccccc2C1)N1CCN(c2ccccc2)CC1. The van der Waals surface area contributed by atoms with Gasteiger partial charge in [-0.1, -0.05) is 42.5 Å². The Morgan fingerprint density at radius 1 is 0.846 bits per heavy atom. The summed E-state index contributed by atoms with van der Waals surface area (Å²) in [5.74, 6) is 0.271. The molecule has 2 aromatic rings. The van der Waals surface area contributed by atoms with Gasteiger partial charge in [-0.05, 0) is 36.6 Å². The van der Waals surface area contributed by atoms with Gasteiger partial charge < -0.3 is 9.80 Å². The molecular formula is C22H27N3O. The summed E-state index contributed by atoms with van der Waals surface area (Å²) in [6.07, 6.45) is 0.969. The van der Waals surface area contributed by atoms with E-state index in [1.54, 1.807) is 0 Å². The lowest BCUT2D eigenvalue weighted by Gasteiger charge is -2.40. The molecule has 0 aromatic heterocycles. The van der Waals surface area contributed by atoms with Crippen molar-refractivity contribution in [1.29, 1.82) is 0 Å². The van der Waals surface area contributed by atoms with Crippen LogP contribution in [0.1, 0.15) is 18.1 Å². The average molecular weight is 349 g/mol. The summed E-state index contributed by atoms with van der Waals surface area (Å²) < 4.78 is 0. The van der Waals surface area contributed by atoms with E-state index < -0.39 is 0 Å². The first kappa shape index (κ1) is 17.1. The highest BCUT2D eigenvalue weighted by atomic mass is 16.2. The van der Waals surface area contributed by atoms with E-state index in [4.69, 9.17) is 0 Å². The van der Waals surface area contributed by atoms with E-state index in [1.165, 1.54) is 16.8 Å². The van der Waals surface area contributed by atoms with Gasteiger partial charge in [-0.15, -0.1) is 0 Å². The third-order valence-corrected chi connectivity index (χ3v) is 5.78. The highest BCUT2D eigenvalue weighted by Gasteiger charge is 2.30. The monoisotopic (exact) mass is 349 g/mol. The predicted molar refractivity (Wildman–Crippen MR) is 105 cm³/mol. The van der Waals surface area contributed by atoms with Crippen molar-refractivity contribution in [2.24, 2.45) is 0 Å². The second-order valence-corrected chi connectivity index (χ2v) is 7.31. The summed E-state index contributed by atoms with van der Waals surface area (Å²) in [4.78, 5) is 19.8.